The molecule has 3 amide bonds. The van der Waals surface area contributed by atoms with E-state index in [2.05, 4.69) is 5.32 Å². The van der Waals surface area contributed by atoms with Gasteiger partial charge in [-0.15, -0.1) is 0 Å². The van der Waals surface area contributed by atoms with Crippen LogP contribution in [0, 0.1) is 17.8 Å². The zero-order chi connectivity index (χ0) is 23.1. The molecule has 1 aromatic rings. The summed E-state index contributed by atoms with van der Waals surface area (Å²) in [5.41, 5.74) is 6.03. The van der Waals surface area contributed by atoms with Crippen LogP contribution in [0.3, 0.4) is 0 Å². The van der Waals surface area contributed by atoms with E-state index in [1.165, 1.54) is 4.90 Å². The Kier molecular flexibility index (Phi) is 8.33. The van der Waals surface area contributed by atoms with Gasteiger partial charge in [0.05, 0.1) is 32.4 Å². The second-order valence-electron chi connectivity index (χ2n) is 8.93. The van der Waals surface area contributed by atoms with E-state index in [-0.39, 0.29) is 36.1 Å². The molecule has 2 fully saturated rings. The maximum atomic E-state index is 12.9. The highest BCUT2D eigenvalue weighted by atomic mass is 16.5. The summed E-state index contributed by atoms with van der Waals surface area (Å²) in [5.74, 6) is -0.617. The van der Waals surface area contributed by atoms with Gasteiger partial charge in [-0.05, 0) is 36.8 Å². The molecule has 2 heterocycles. The summed E-state index contributed by atoms with van der Waals surface area (Å²) in [7, 11) is 1.56. The number of para-hydroxylation sites is 2. The van der Waals surface area contributed by atoms with Crippen molar-refractivity contribution in [3.05, 3.63) is 24.3 Å². The van der Waals surface area contributed by atoms with Gasteiger partial charge in [-0.3, -0.25) is 4.79 Å². The molecule has 4 N–H and O–H groups in total. The van der Waals surface area contributed by atoms with E-state index in [1.807, 2.05) is 12.1 Å². The van der Waals surface area contributed by atoms with Gasteiger partial charge >= 0.3 is 6.03 Å². The quantitative estimate of drug-likeness (QED) is 0.495. The minimum absolute atomic E-state index is 0.00197. The number of nitrogens with zero attached hydrogens (tertiary/aromatic N) is 1. The van der Waals surface area contributed by atoms with Crippen LogP contribution < -0.4 is 25.8 Å². The number of benzene rings is 1. The molecule has 2 aliphatic rings. The van der Waals surface area contributed by atoms with Crippen LogP contribution in [0.5, 0.6) is 5.75 Å². The highest BCUT2D eigenvalue weighted by Gasteiger charge is 2.33. The van der Waals surface area contributed by atoms with Crippen LogP contribution in [0.4, 0.5) is 10.5 Å². The van der Waals surface area contributed by atoms with Gasteiger partial charge in [-0.2, -0.15) is 0 Å². The maximum Gasteiger partial charge on any atom is 0.321 e. The molecule has 0 aromatic heterocycles. The summed E-state index contributed by atoms with van der Waals surface area (Å²) >= 11 is 0. The zero-order valence-electron chi connectivity index (χ0n) is 18.7. The van der Waals surface area contributed by atoms with Crippen LogP contribution in [-0.4, -0.2) is 62.6 Å². The van der Waals surface area contributed by atoms with E-state index < -0.39 is 5.97 Å². The van der Waals surface area contributed by atoms with Gasteiger partial charge < -0.3 is 35.5 Å². The highest BCUT2D eigenvalue weighted by molar-refractivity contribution is 5.91. The largest absolute Gasteiger partial charge is 0.550 e. The molecule has 0 spiro atoms. The molecular formula is C23H34N4O5. The summed E-state index contributed by atoms with van der Waals surface area (Å²) in [4.78, 5) is 38.7. The SMILES string of the molecule is COc1ccccc1NC(=O)N1CC[C@@H](CC(=O)[O-])[C@@H](CC[NH+]2CCC(C(N)=O)CC2)C1. The number of rotatable bonds is 8. The van der Waals surface area contributed by atoms with Gasteiger partial charge in [0.15, 0.2) is 0 Å². The standard InChI is InChI=1S/C23H34N4O5/c1-32-20-5-3-2-4-19(20)25-23(31)27-13-9-17(14-21(28)29)18(15-27)8-12-26-10-6-16(7-11-26)22(24)30/h2-5,16-18H,6-15H2,1H3,(H2,24,30)(H,25,31)(H,28,29)/t17-,18-/m0/s1. The molecule has 0 aliphatic carbocycles. The topological polar surface area (TPSA) is 129 Å². The molecule has 2 saturated heterocycles. The molecule has 0 bridgehead atoms. The fraction of sp³-hybridized carbons (Fsp3) is 0.609. The summed E-state index contributed by atoms with van der Waals surface area (Å²) in [6.07, 6.45) is 3.08. The lowest BCUT2D eigenvalue weighted by Gasteiger charge is -2.39. The van der Waals surface area contributed by atoms with E-state index >= 15 is 0 Å². The molecule has 0 saturated carbocycles. The zero-order valence-corrected chi connectivity index (χ0v) is 18.7. The first-order chi connectivity index (χ1) is 15.4. The van der Waals surface area contributed by atoms with Crippen molar-refractivity contribution in [2.75, 3.05) is 45.2 Å². The Bertz CT molecular complexity index is 809. The molecule has 3 rings (SSSR count). The molecule has 176 valence electrons. The third-order valence-corrected chi connectivity index (χ3v) is 6.92. The molecule has 2 atom stereocenters. The number of carboxylic acid groups (broad SMARTS) is 1. The smallest absolute Gasteiger partial charge is 0.321 e. The minimum Gasteiger partial charge on any atom is -0.550 e. The Morgan fingerprint density at radius 3 is 2.56 bits per heavy atom. The number of carbonyl (C=O) groups excluding carboxylic acids is 3. The number of quaternary nitrogens is 1. The summed E-state index contributed by atoms with van der Waals surface area (Å²) in [6, 6.07) is 7.04. The number of hydrogen-bond donors (Lipinski definition) is 3. The molecule has 9 nitrogen and oxygen atoms in total. The van der Waals surface area contributed by atoms with Gasteiger partial charge in [0.2, 0.25) is 5.91 Å². The van der Waals surface area contributed by atoms with E-state index in [4.69, 9.17) is 10.5 Å². The van der Waals surface area contributed by atoms with Crippen molar-refractivity contribution in [2.24, 2.45) is 23.5 Å². The fourth-order valence-corrected chi connectivity index (χ4v) is 4.97. The van der Waals surface area contributed by atoms with E-state index in [1.54, 1.807) is 24.1 Å². The molecule has 1 aromatic carbocycles. The Hall–Kier alpha value is -2.81. The number of aliphatic carboxylic acids is 1. The van der Waals surface area contributed by atoms with Crippen LogP contribution in [0.15, 0.2) is 24.3 Å². The second kappa shape index (κ2) is 11.2. The molecule has 32 heavy (non-hydrogen) atoms. The number of methoxy groups -OCH3 is 1. The monoisotopic (exact) mass is 446 g/mol. The number of carbonyl (C=O) groups is 3. The Morgan fingerprint density at radius 1 is 1.19 bits per heavy atom. The lowest BCUT2D eigenvalue weighted by molar-refractivity contribution is -0.906. The number of nitrogens with two attached hydrogens (primary N) is 1. The van der Waals surface area contributed by atoms with Crippen LogP contribution in [0.25, 0.3) is 0 Å². The average molecular weight is 447 g/mol. The predicted octanol–water partition coefficient (Wildman–Crippen LogP) is -0.524. The number of primary amides is 1. The number of ether oxygens (including phenoxy) is 1. The minimum atomic E-state index is -1.04. The summed E-state index contributed by atoms with van der Waals surface area (Å²) in [5, 5.41) is 14.2. The van der Waals surface area contributed by atoms with E-state index in [0.29, 0.717) is 30.9 Å². The second-order valence-corrected chi connectivity index (χ2v) is 8.93. The van der Waals surface area contributed by atoms with Gasteiger partial charge in [-0.25, -0.2) is 4.79 Å². The van der Waals surface area contributed by atoms with Gasteiger partial charge in [0.25, 0.3) is 0 Å². The van der Waals surface area contributed by atoms with Crippen molar-refractivity contribution in [2.45, 2.75) is 32.1 Å². The summed E-state index contributed by atoms with van der Waals surface area (Å²) < 4.78 is 5.31. The van der Waals surface area contributed by atoms with Gasteiger partial charge in [0.1, 0.15) is 5.75 Å². The first-order valence-electron chi connectivity index (χ1n) is 11.4. The van der Waals surface area contributed by atoms with Crippen molar-refractivity contribution >= 4 is 23.6 Å². The normalized spacial score (nSPS) is 25.7. The number of urea groups is 1. The van der Waals surface area contributed by atoms with Gasteiger partial charge in [0, 0.05) is 44.2 Å². The average Bonchev–Trinajstić information content (AvgIpc) is 2.78. The van der Waals surface area contributed by atoms with Crippen molar-refractivity contribution in [3.63, 3.8) is 0 Å². The van der Waals surface area contributed by atoms with Crippen molar-refractivity contribution in [1.29, 1.82) is 0 Å². The molecule has 0 unspecified atom stereocenters. The number of likely N-dealkylation sites (tertiary alicyclic amines) is 2. The molecule has 9 heteroatoms. The third kappa shape index (κ3) is 6.35. The fourth-order valence-electron chi connectivity index (χ4n) is 4.97. The Labute approximate surface area is 188 Å². The van der Waals surface area contributed by atoms with Crippen molar-refractivity contribution < 1.29 is 29.1 Å². The number of carboxylic acids is 1. The third-order valence-electron chi connectivity index (χ3n) is 6.92. The van der Waals surface area contributed by atoms with Gasteiger partial charge in [-0.1, -0.05) is 12.1 Å². The van der Waals surface area contributed by atoms with Crippen molar-refractivity contribution in [3.8, 4) is 5.75 Å². The number of nitrogens with one attached hydrogen (secondary N) is 2. The Balaban J connectivity index is 1.58. The molecular weight excluding hydrogens is 412 g/mol. The molecule has 2 aliphatic heterocycles. The van der Waals surface area contributed by atoms with Crippen molar-refractivity contribution in [1.82, 2.24) is 4.90 Å². The first-order valence-corrected chi connectivity index (χ1v) is 11.4. The predicted molar refractivity (Wildman–Crippen MR) is 117 cm³/mol. The number of piperidine rings is 2. The van der Waals surface area contributed by atoms with Crippen LogP contribution >= 0.6 is 0 Å². The first kappa shape index (κ1) is 23.8. The van der Waals surface area contributed by atoms with Crippen LogP contribution in [0.1, 0.15) is 32.1 Å². The maximum absolute atomic E-state index is 12.9. The lowest BCUT2D eigenvalue weighted by atomic mass is 9.81. The van der Waals surface area contributed by atoms with E-state index in [0.717, 1.165) is 38.9 Å². The highest BCUT2D eigenvalue weighted by Crippen LogP contribution is 2.30. The number of amides is 3. The Morgan fingerprint density at radius 2 is 1.91 bits per heavy atom. The molecule has 0 radical (unpaired) electrons. The summed E-state index contributed by atoms with van der Waals surface area (Å²) in [6.45, 7) is 3.69. The van der Waals surface area contributed by atoms with E-state index in [9.17, 15) is 19.5 Å². The van der Waals surface area contributed by atoms with Crippen LogP contribution in [0.2, 0.25) is 0 Å². The number of anilines is 1. The van der Waals surface area contributed by atoms with Crippen LogP contribution in [-0.2, 0) is 9.59 Å². The number of hydrogen-bond acceptors (Lipinski definition) is 5. The lowest BCUT2D eigenvalue weighted by Crippen LogP contribution is -3.13.